The number of rotatable bonds is 8. The van der Waals surface area contributed by atoms with Gasteiger partial charge in [0.2, 0.25) is 5.91 Å². The first-order chi connectivity index (χ1) is 20.0. The molecule has 0 unspecified atom stereocenters. The Kier molecular flexibility index (Phi) is 9.14. The number of nitrogens with zero attached hydrogens (tertiary/aromatic N) is 2. The van der Waals surface area contributed by atoms with Crippen molar-refractivity contribution in [2.45, 2.75) is 45.2 Å². The summed E-state index contributed by atoms with van der Waals surface area (Å²) in [6, 6.07) is 26.1. The van der Waals surface area contributed by atoms with Crippen molar-refractivity contribution in [2.75, 3.05) is 24.9 Å². The van der Waals surface area contributed by atoms with Crippen LogP contribution in [-0.2, 0) is 4.79 Å². The van der Waals surface area contributed by atoms with Crippen LogP contribution in [0.15, 0.2) is 101 Å². The number of thioether (sulfide) groups is 1. The van der Waals surface area contributed by atoms with E-state index < -0.39 is 0 Å². The molecule has 1 aliphatic heterocycles. The van der Waals surface area contributed by atoms with Gasteiger partial charge in [-0.05, 0) is 97.9 Å². The average Bonchev–Trinajstić information content (AvgIpc) is 3.01. The summed E-state index contributed by atoms with van der Waals surface area (Å²) in [5, 5.41) is 4.40. The highest BCUT2D eigenvalue weighted by Crippen LogP contribution is 2.42. The van der Waals surface area contributed by atoms with E-state index in [-0.39, 0.29) is 23.7 Å². The van der Waals surface area contributed by atoms with E-state index in [4.69, 9.17) is 14.5 Å². The van der Waals surface area contributed by atoms with Crippen molar-refractivity contribution < 1.29 is 14.3 Å². The summed E-state index contributed by atoms with van der Waals surface area (Å²) in [5.41, 5.74) is 6.81. The molecule has 0 saturated heterocycles. The van der Waals surface area contributed by atoms with Gasteiger partial charge in [0.1, 0.15) is 17.5 Å². The molecule has 6 nitrogen and oxygen atoms in total. The predicted octanol–water partition coefficient (Wildman–Crippen LogP) is 7.40. The van der Waals surface area contributed by atoms with Gasteiger partial charge in [-0.15, -0.1) is 0 Å². The maximum Gasteiger partial charge on any atom is 0.237 e. The molecule has 1 atom stereocenters. The lowest BCUT2D eigenvalue weighted by Crippen LogP contribution is -2.39. The molecular formula is C34H37N3O3S. The maximum absolute atomic E-state index is 13.5. The first kappa shape index (κ1) is 28.6. The van der Waals surface area contributed by atoms with E-state index in [9.17, 15) is 4.79 Å². The maximum atomic E-state index is 13.5. The zero-order chi connectivity index (χ0) is 28.8. The second-order valence-electron chi connectivity index (χ2n) is 10.4. The molecular weight excluding hydrogens is 530 g/mol. The third-order valence-corrected chi connectivity index (χ3v) is 8.26. The number of anilines is 1. The lowest BCUT2D eigenvalue weighted by atomic mass is 9.84. The quantitative estimate of drug-likeness (QED) is 0.307. The molecule has 1 amide bonds. The van der Waals surface area contributed by atoms with Crippen LogP contribution in [0.5, 0.6) is 11.5 Å². The fourth-order valence-corrected chi connectivity index (χ4v) is 6.15. The summed E-state index contributed by atoms with van der Waals surface area (Å²) in [5.74, 6) is 2.00. The first-order valence-corrected chi connectivity index (χ1v) is 15.0. The van der Waals surface area contributed by atoms with Crippen molar-refractivity contribution in [3.63, 3.8) is 0 Å². The number of hydrogen-bond acceptors (Lipinski definition) is 6. The second-order valence-corrected chi connectivity index (χ2v) is 11.4. The van der Waals surface area contributed by atoms with Crippen LogP contribution in [-0.4, -0.2) is 37.1 Å². The minimum Gasteiger partial charge on any atom is -0.497 e. The molecule has 1 aliphatic carbocycles. The van der Waals surface area contributed by atoms with Crippen LogP contribution in [0.2, 0.25) is 0 Å². The predicted molar refractivity (Wildman–Crippen MR) is 170 cm³/mol. The third kappa shape index (κ3) is 6.68. The SMILES string of the molecule is COc1ccc(/C=C2\CCCC3=C2NC(SCC(=O)N(c2ccccc2)C(C)C)=N[C@@H]3c2ccc(OC)cc2)cc1. The normalized spacial score (nSPS) is 17.5. The molecule has 0 spiro atoms. The number of amidine groups is 1. The largest absolute Gasteiger partial charge is 0.497 e. The number of hydrogen-bond donors (Lipinski definition) is 1. The Morgan fingerprint density at radius 1 is 0.976 bits per heavy atom. The van der Waals surface area contributed by atoms with Crippen molar-refractivity contribution in [1.29, 1.82) is 0 Å². The van der Waals surface area contributed by atoms with Gasteiger partial charge in [0, 0.05) is 17.4 Å². The molecule has 3 aromatic rings. The first-order valence-electron chi connectivity index (χ1n) is 14.0. The lowest BCUT2D eigenvalue weighted by molar-refractivity contribution is -0.116. The van der Waals surface area contributed by atoms with E-state index in [1.165, 1.54) is 22.9 Å². The number of benzene rings is 3. The zero-order valence-corrected chi connectivity index (χ0v) is 24.9. The van der Waals surface area contributed by atoms with E-state index >= 15 is 0 Å². The number of carbonyl (C=O) groups is 1. The molecule has 0 radical (unpaired) electrons. The lowest BCUT2D eigenvalue weighted by Gasteiger charge is -2.33. The third-order valence-electron chi connectivity index (χ3n) is 7.38. The summed E-state index contributed by atoms with van der Waals surface area (Å²) in [6.45, 7) is 4.09. The number of para-hydroxylation sites is 1. The van der Waals surface area contributed by atoms with Gasteiger partial charge in [-0.1, -0.05) is 54.2 Å². The fourth-order valence-electron chi connectivity index (χ4n) is 5.39. The molecule has 1 heterocycles. The zero-order valence-electron chi connectivity index (χ0n) is 24.1. The van der Waals surface area contributed by atoms with Gasteiger partial charge in [0.05, 0.1) is 20.0 Å². The van der Waals surface area contributed by atoms with Crippen LogP contribution < -0.4 is 19.7 Å². The van der Waals surface area contributed by atoms with E-state index in [2.05, 4.69) is 35.7 Å². The van der Waals surface area contributed by atoms with Crippen LogP contribution in [0.1, 0.15) is 50.3 Å². The number of ether oxygens (including phenoxy) is 2. The number of allylic oxidation sites excluding steroid dienone is 1. The van der Waals surface area contributed by atoms with Gasteiger partial charge in [-0.25, -0.2) is 4.99 Å². The fraction of sp³-hybridized carbons (Fsp3) is 0.294. The molecule has 0 fully saturated rings. The van der Waals surface area contributed by atoms with Crippen LogP contribution >= 0.6 is 11.8 Å². The number of carbonyl (C=O) groups excluding carboxylic acids is 1. The van der Waals surface area contributed by atoms with E-state index in [0.29, 0.717) is 0 Å². The van der Waals surface area contributed by atoms with E-state index in [0.717, 1.165) is 58.4 Å². The molecule has 0 aromatic heterocycles. The van der Waals surface area contributed by atoms with Crippen molar-refractivity contribution >= 4 is 34.6 Å². The number of methoxy groups -OCH3 is 2. The highest BCUT2D eigenvalue weighted by Gasteiger charge is 2.31. The number of aliphatic imine (C=N–C) groups is 1. The average molecular weight is 568 g/mol. The van der Waals surface area contributed by atoms with Crippen molar-refractivity contribution in [1.82, 2.24) is 5.32 Å². The molecule has 0 saturated carbocycles. The minimum atomic E-state index is -0.121. The van der Waals surface area contributed by atoms with Crippen LogP contribution in [0.3, 0.4) is 0 Å². The van der Waals surface area contributed by atoms with Crippen molar-refractivity contribution in [3.8, 4) is 11.5 Å². The van der Waals surface area contributed by atoms with Gasteiger partial charge in [0.25, 0.3) is 0 Å². The van der Waals surface area contributed by atoms with Gasteiger partial charge in [-0.2, -0.15) is 0 Å². The summed E-state index contributed by atoms with van der Waals surface area (Å²) in [4.78, 5) is 20.5. The van der Waals surface area contributed by atoms with Crippen LogP contribution in [0.4, 0.5) is 5.69 Å². The van der Waals surface area contributed by atoms with E-state index in [1.807, 2.05) is 73.3 Å². The Labute approximate surface area is 247 Å². The van der Waals surface area contributed by atoms with Gasteiger partial charge < -0.3 is 19.7 Å². The van der Waals surface area contributed by atoms with Gasteiger partial charge in [-0.3, -0.25) is 4.79 Å². The number of nitrogens with one attached hydrogen (secondary N) is 1. The standard InChI is InChI=1S/C34H37N3O3S/c1-23(2)37(27-10-6-5-7-11-27)31(38)22-41-34-35-32(25-15-19-29(40-4)20-16-25)30-12-8-9-26(33(30)36-34)21-24-13-17-28(39-3)18-14-24/h5-7,10-11,13-21,23,32H,8-9,12,22H2,1-4H3,(H,35,36)/b26-21+/t32-/m1/s1. The van der Waals surface area contributed by atoms with Crippen molar-refractivity contribution in [2.24, 2.45) is 4.99 Å². The second kappa shape index (κ2) is 13.1. The van der Waals surface area contributed by atoms with Crippen LogP contribution in [0.25, 0.3) is 6.08 Å². The van der Waals surface area contributed by atoms with Crippen LogP contribution in [0, 0.1) is 0 Å². The molecule has 5 rings (SSSR count). The minimum absolute atomic E-state index is 0.0467. The monoisotopic (exact) mass is 567 g/mol. The molecule has 41 heavy (non-hydrogen) atoms. The molecule has 212 valence electrons. The smallest absolute Gasteiger partial charge is 0.237 e. The summed E-state index contributed by atoms with van der Waals surface area (Å²) in [7, 11) is 3.36. The molecule has 2 aliphatic rings. The summed E-state index contributed by atoms with van der Waals surface area (Å²) < 4.78 is 10.7. The molecule has 0 bridgehead atoms. The molecule has 7 heteroatoms. The Morgan fingerprint density at radius 2 is 1.63 bits per heavy atom. The Balaban J connectivity index is 1.45. The van der Waals surface area contributed by atoms with Gasteiger partial charge >= 0.3 is 0 Å². The Hall–Kier alpha value is -3.97. The molecule has 3 aromatic carbocycles. The van der Waals surface area contributed by atoms with E-state index in [1.54, 1.807) is 14.2 Å². The summed E-state index contributed by atoms with van der Waals surface area (Å²) >= 11 is 1.47. The molecule has 1 N–H and O–H groups in total. The van der Waals surface area contributed by atoms with Crippen molar-refractivity contribution in [3.05, 3.63) is 107 Å². The highest BCUT2D eigenvalue weighted by molar-refractivity contribution is 8.14. The highest BCUT2D eigenvalue weighted by atomic mass is 32.2. The topological polar surface area (TPSA) is 63.2 Å². The summed E-state index contributed by atoms with van der Waals surface area (Å²) in [6.07, 6.45) is 5.25. The Bertz CT molecular complexity index is 1440. The van der Waals surface area contributed by atoms with Gasteiger partial charge in [0.15, 0.2) is 5.17 Å². The Morgan fingerprint density at radius 3 is 2.27 bits per heavy atom. The number of amides is 1.